The number of hydrogen-bond donors (Lipinski definition) is 4. The second-order valence-corrected chi connectivity index (χ2v) is 7.75. The summed E-state index contributed by atoms with van der Waals surface area (Å²) in [5.41, 5.74) is 0.511. The minimum atomic E-state index is -1.15. The van der Waals surface area contributed by atoms with E-state index in [-0.39, 0.29) is 12.3 Å². The second kappa shape index (κ2) is 10.8. The van der Waals surface area contributed by atoms with E-state index in [2.05, 4.69) is 10.6 Å². The molecule has 158 valence electrons. The highest BCUT2D eigenvalue weighted by molar-refractivity contribution is 7.99. The van der Waals surface area contributed by atoms with Crippen molar-refractivity contribution in [2.45, 2.75) is 43.2 Å². The number of unbranched alkanes of at least 4 members (excludes halogenated alkanes) is 1. The van der Waals surface area contributed by atoms with Gasteiger partial charge < -0.3 is 15.5 Å². The van der Waals surface area contributed by atoms with Crippen LogP contribution in [0.3, 0.4) is 0 Å². The molecular formula is C19H25N3O6S. The topological polar surface area (TPSA) is 136 Å². The lowest BCUT2D eigenvalue weighted by atomic mass is 10.1. The summed E-state index contributed by atoms with van der Waals surface area (Å²) in [6.07, 6.45) is 1.46. The number of carboxylic acids is 2. The number of carboxylic acid groups (broad SMARTS) is 2. The van der Waals surface area contributed by atoms with Crippen LogP contribution in [-0.4, -0.2) is 64.9 Å². The van der Waals surface area contributed by atoms with Gasteiger partial charge in [-0.2, -0.15) is 0 Å². The highest BCUT2D eigenvalue weighted by Crippen LogP contribution is 2.34. The third-order valence-electron chi connectivity index (χ3n) is 4.41. The van der Waals surface area contributed by atoms with Crippen molar-refractivity contribution in [2.75, 3.05) is 23.7 Å². The monoisotopic (exact) mass is 423 g/mol. The van der Waals surface area contributed by atoms with Gasteiger partial charge in [0.25, 0.3) is 0 Å². The second-order valence-electron chi connectivity index (χ2n) is 6.69. The standard InChI is InChI=1S/C19H25N3O6S/c1-12(23)20-9-5-4-6-13(19(27)28)21-14-11-29-16-8-3-2-7-15(16)22(18(14)26)10-17(24)25/h2-3,7-8,13-14,21H,4-6,9-11H2,1H3,(H,20,23)(H,24,25)(H,27,28)/t13-,14?/m1/s1. The maximum atomic E-state index is 13.0. The van der Waals surface area contributed by atoms with E-state index in [9.17, 15) is 29.4 Å². The zero-order valence-electron chi connectivity index (χ0n) is 16.1. The zero-order valence-corrected chi connectivity index (χ0v) is 16.9. The summed E-state index contributed by atoms with van der Waals surface area (Å²) in [5, 5.41) is 24.3. The molecule has 0 radical (unpaired) electrons. The number of para-hydroxylation sites is 1. The molecule has 10 heteroatoms. The highest BCUT2D eigenvalue weighted by atomic mass is 32.2. The van der Waals surface area contributed by atoms with Crippen LogP contribution in [0, 0.1) is 0 Å². The van der Waals surface area contributed by atoms with Crippen LogP contribution in [0.5, 0.6) is 0 Å². The average molecular weight is 423 g/mol. The Morgan fingerprint density at radius 3 is 2.62 bits per heavy atom. The quantitative estimate of drug-likeness (QED) is 0.408. The molecule has 0 aromatic heterocycles. The van der Waals surface area contributed by atoms with Crippen molar-refractivity contribution in [1.29, 1.82) is 0 Å². The summed E-state index contributed by atoms with van der Waals surface area (Å²) in [6, 6.07) is 5.24. The van der Waals surface area contributed by atoms with Gasteiger partial charge in [-0.15, -0.1) is 11.8 Å². The number of carbonyl (C=O) groups excluding carboxylic acids is 2. The molecule has 0 fully saturated rings. The first kappa shape index (κ1) is 22.7. The summed E-state index contributed by atoms with van der Waals surface area (Å²) < 4.78 is 0. The van der Waals surface area contributed by atoms with Crippen LogP contribution in [-0.2, 0) is 19.2 Å². The van der Waals surface area contributed by atoms with Gasteiger partial charge in [-0.1, -0.05) is 12.1 Å². The Morgan fingerprint density at radius 2 is 1.97 bits per heavy atom. The minimum Gasteiger partial charge on any atom is -0.480 e. The van der Waals surface area contributed by atoms with Crippen LogP contribution in [0.25, 0.3) is 0 Å². The number of amides is 2. The third-order valence-corrected chi connectivity index (χ3v) is 5.57. The van der Waals surface area contributed by atoms with Crippen LogP contribution < -0.4 is 15.5 Å². The van der Waals surface area contributed by atoms with Gasteiger partial charge in [-0.05, 0) is 31.4 Å². The van der Waals surface area contributed by atoms with E-state index >= 15 is 0 Å². The molecule has 1 aliphatic heterocycles. The number of nitrogens with zero attached hydrogens (tertiary/aromatic N) is 1. The normalized spacial score (nSPS) is 17.2. The first-order valence-electron chi connectivity index (χ1n) is 9.28. The fourth-order valence-electron chi connectivity index (χ4n) is 3.03. The number of hydrogen-bond acceptors (Lipinski definition) is 6. The van der Waals surface area contributed by atoms with Gasteiger partial charge in [0.05, 0.1) is 11.7 Å². The molecule has 0 saturated carbocycles. The van der Waals surface area contributed by atoms with Gasteiger partial charge in [0.1, 0.15) is 12.6 Å². The summed E-state index contributed by atoms with van der Waals surface area (Å²) in [6.45, 7) is 1.38. The number of nitrogens with one attached hydrogen (secondary N) is 2. The molecule has 1 aromatic rings. The Morgan fingerprint density at radius 1 is 1.24 bits per heavy atom. The van der Waals surface area contributed by atoms with Crippen LogP contribution in [0.4, 0.5) is 5.69 Å². The van der Waals surface area contributed by atoms with Gasteiger partial charge in [0.2, 0.25) is 11.8 Å². The molecule has 1 heterocycles. The zero-order chi connectivity index (χ0) is 21.4. The van der Waals surface area contributed by atoms with Gasteiger partial charge >= 0.3 is 11.9 Å². The first-order chi connectivity index (χ1) is 13.8. The van der Waals surface area contributed by atoms with Crippen molar-refractivity contribution >= 4 is 41.2 Å². The van der Waals surface area contributed by atoms with Gasteiger partial charge in [0.15, 0.2) is 0 Å². The summed E-state index contributed by atoms with van der Waals surface area (Å²) in [4.78, 5) is 48.8. The predicted octanol–water partition coefficient (Wildman–Crippen LogP) is 0.928. The summed E-state index contributed by atoms with van der Waals surface area (Å²) >= 11 is 1.38. The lowest BCUT2D eigenvalue weighted by Gasteiger charge is -2.26. The van der Waals surface area contributed by atoms with E-state index in [1.54, 1.807) is 24.3 Å². The number of benzene rings is 1. The molecule has 1 aliphatic rings. The van der Waals surface area contributed by atoms with E-state index in [0.717, 1.165) is 4.90 Å². The Bertz CT molecular complexity index is 772. The van der Waals surface area contributed by atoms with Crippen molar-refractivity contribution in [2.24, 2.45) is 0 Å². The Hall–Kier alpha value is -2.59. The summed E-state index contributed by atoms with van der Waals surface area (Å²) in [5.74, 6) is -2.53. The molecule has 1 aromatic carbocycles. The van der Waals surface area contributed by atoms with E-state index in [1.807, 2.05) is 0 Å². The number of rotatable bonds is 10. The lowest BCUT2D eigenvalue weighted by molar-refractivity contribution is -0.140. The first-order valence-corrected chi connectivity index (χ1v) is 10.3. The van der Waals surface area contributed by atoms with E-state index in [4.69, 9.17) is 0 Å². The van der Waals surface area contributed by atoms with E-state index < -0.39 is 36.5 Å². The molecule has 1 unspecified atom stereocenters. The molecule has 2 amide bonds. The maximum absolute atomic E-state index is 13.0. The lowest BCUT2D eigenvalue weighted by Crippen LogP contribution is -2.53. The largest absolute Gasteiger partial charge is 0.480 e. The number of fused-ring (bicyclic) bond motifs is 1. The fraction of sp³-hybridized carbons (Fsp3) is 0.474. The Balaban J connectivity index is 2.07. The van der Waals surface area contributed by atoms with Crippen molar-refractivity contribution in [3.8, 4) is 0 Å². The molecule has 0 aliphatic carbocycles. The summed E-state index contributed by atoms with van der Waals surface area (Å²) in [7, 11) is 0. The number of thioether (sulfide) groups is 1. The van der Waals surface area contributed by atoms with Crippen LogP contribution in [0.2, 0.25) is 0 Å². The molecule has 0 saturated heterocycles. The van der Waals surface area contributed by atoms with Crippen molar-refractivity contribution in [1.82, 2.24) is 10.6 Å². The molecular weight excluding hydrogens is 398 g/mol. The van der Waals surface area contributed by atoms with E-state index in [1.165, 1.54) is 23.6 Å². The Labute approximate surface area is 172 Å². The molecule has 29 heavy (non-hydrogen) atoms. The maximum Gasteiger partial charge on any atom is 0.323 e. The van der Waals surface area contributed by atoms with Crippen molar-refractivity contribution < 1.29 is 29.4 Å². The van der Waals surface area contributed by atoms with Crippen LogP contribution in [0.1, 0.15) is 26.2 Å². The van der Waals surface area contributed by atoms with Crippen LogP contribution in [0.15, 0.2) is 29.2 Å². The smallest absolute Gasteiger partial charge is 0.323 e. The predicted molar refractivity (Wildman–Crippen MR) is 108 cm³/mol. The van der Waals surface area contributed by atoms with Crippen molar-refractivity contribution in [3.63, 3.8) is 0 Å². The number of carbonyl (C=O) groups is 4. The molecule has 0 bridgehead atoms. The van der Waals surface area contributed by atoms with E-state index in [0.29, 0.717) is 30.8 Å². The molecule has 2 atom stereocenters. The highest BCUT2D eigenvalue weighted by Gasteiger charge is 2.34. The van der Waals surface area contributed by atoms with Gasteiger partial charge in [-0.3, -0.25) is 29.4 Å². The average Bonchev–Trinajstić information content (AvgIpc) is 2.78. The molecule has 9 nitrogen and oxygen atoms in total. The SMILES string of the molecule is CC(=O)NCCCC[C@@H](NC1CSc2ccccc2N(CC(=O)O)C1=O)C(=O)O. The molecule has 2 rings (SSSR count). The third kappa shape index (κ3) is 6.75. The molecule has 0 spiro atoms. The van der Waals surface area contributed by atoms with Gasteiger partial charge in [-0.25, -0.2) is 0 Å². The number of aliphatic carboxylic acids is 2. The molecule has 4 N–H and O–H groups in total. The number of anilines is 1. The van der Waals surface area contributed by atoms with Crippen LogP contribution >= 0.6 is 11.8 Å². The Kier molecular flexibility index (Phi) is 8.47. The van der Waals surface area contributed by atoms with Crippen molar-refractivity contribution in [3.05, 3.63) is 24.3 Å². The minimum absolute atomic E-state index is 0.142. The fourth-order valence-corrected chi connectivity index (χ4v) is 4.12. The van der Waals surface area contributed by atoms with Gasteiger partial charge in [0, 0.05) is 24.1 Å².